The Balaban J connectivity index is 1.30. The number of pyridine rings is 1. The lowest BCUT2D eigenvalue weighted by molar-refractivity contribution is 0.203. The topological polar surface area (TPSA) is 89.3 Å². The van der Waals surface area contributed by atoms with E-state index in [1.54, 1.807) is 0 Å². The third-order valence-corrected chi connectivity index (χ3v) is 7.27. The van der Waals surface area contributed by atoms with Gasteiger partial charge in [0.1, 0.15) is 5.82 Å². The zero-order chi connectivity index (χ0) is 23.2. The predicted octanol–water partition coefficient (Wildman–Crippen LogP) is 5.64. The van der Waals surface area contributed by atoms with Crippen molar-refractivity contribution in [2.45, 2.75) is 52.0 Å². The van der Waals surface area contributed by atoms with Crippen molar-refractivity contribution >= 4 is 21.9 Å². The summed E-state index contributed by atoms with van der Waals surface area (Å²) in [5.41, 5.74) is 8.40. The minimum absolute atomic E-state index is 0.397. The third kappa shape index (κ3) is 3.70. The summed E-state index contributed by atoms with van der Waals surface area (Å²) in [6.07, 6.45) is 8.07. The van der Waals surface area contributed by atoms with Gasteiger partial charge < -0.3 is 9.97 Å². The molecule has 0 amide bonds. The Labute approximate surface area is 199 Å². The molecule has 0 aliphatic carbocycles. The summed E-state index contributed by atoms with van der Waals surface area (Å²) < 4.78 is 0. The largest absolute Gasteiger partial charge is 0.354 e. The van der Waals surface area contributed by atoms with Crippen LogP contribution in [0, 0.1) is 6.92 Å². The number of imidazole rings is 1. The Morgan fingerprint density at radius 1 is 1.03 bits per heavy atom. The van der Waals surface area contributed by atoms with Crippen molar-refractivity contribution in [2.24, 2.45) is 0 Å². The first kappa shape index (κ1) is 21.1. The lowest BCUT2D eigenvalue weighted by atomic mass is 9.87. The van der Waals surface area contributed by atoms with Crippen LogP contribution in [0.5, 0.6) is 0 Å². The molecule has 34 heavy (non-hydrogen) atoms. The Morgan fingerprint density at radius 3 is 2.65 bits per heavy atom. The summed E-state index contributed by atoms with van der Waals surface area (Å²) in [7, 11) is 0. The van der Waals surface area contributed by atoms with Crippen LogP contribution in [0.2, 0.25) is 0 Å². The smallest absolute Gasteiger partial charge is 0.155 e. The first-order chi connectivity index (χ1) is 16.6. The van der Waals surface area contributed by atoms with Crippen molar-refractivity contribution in [1.29, 1.82) is 0 Å². The summed E-state index contributed by atoms with van der Waals surface area (Å²) in [5, 5.41) is 9.60. The molecule has 0 atom stereocenters. The van der Waals surface area contributed by atoms with Crippen LogP contribution in [-0.4, -0.2) is 48.1 Å². The van der Waals surface area contributed by atoms with Crippen LogP contribution in [0.3, 0.4) is 0 Å². The van der Waals surface area contributed by atoms with Crippen molar-refractivity contribution in [1.82, 2.24) is 35.0 Å². The number of fused-ring (bicyclic) bond motifs is 2. The van der Waals surface area contributed by atoms with E-state index in [1.165, 1.54) is 46.3 Å². The second-order valence-corrected chi connectivity index (χ2v) is 9.91. The van der Waals surface area contributed by atoms with Crippen LogP contribution in [0.1, 0.15) is 61.2 Å². The van der Waals surface area contributed by atoms with Crippen molar-refractivity contribution < 1.29 is 0 Å². The van der Waals surface area contributed by atoms with E-state index in [0.29, 0.717) is 11.8 Å². The highest BCUT2D eigenvalue weighted by Crippen LogP contribution is 2.39. The average Bonchev–Trinajstić information content (AvgIpc) is 3.56. The summed E-state index contributed by atoms with van der Waals surface area (Å²) in [4.78, 5) is 18.4. The number of aromatic amines is 3. The molecule has 0 unspecified atom stereocenters. The lowest BCUT2D eigenvalue weighted by Crippen LogP contribution is -2.32. The molecule has 1 aliphatic rings. The molecule has 0 bridgehead atoms. The number of aryl methyl sites for hydroxylation is 1. The number of nitrogens with one attached hydrogen (secondary N) is 3. The van der Waals surface area contributed by atoms with E-state index >= 15 is 0 Å². The fourth-order valence-electron chi connectivity index (χ4n) is 5.58. The molecule has 5 heterocycles. The SMILES string of the molecule is Cc1ncc(CN2CCC(c3ccc4[nH]c(-c5ccnc6[nH]ncc56)c(C(C)C)c4c3)CC2)[nH]1. The molecule has 1 saturated heterocycles. The van der Waals surface area contributed by atoms with Crippen LogP contribution in [0.4, 0.5) is 0 Å². The van der Waals surface area contributed by atoms with Crippen molar-refractivity contribution in [3.63, 3.8) is 0 Å². The van der Waals surface area contributed by atoms with E-state index in [0.717, 1.165) is 42.1 Å². The number of likely N-dealkylation sites (tertiary alicyclic amines) is 1. The van der Waals surface area contributed by atoms with E-state index in [2.05, 4.69) is 73.1 Å². The first-order valence-electron chi connectivity index (χ1n) is 12.2. The Morgan fingerprint density at radius 2 is 1.88 bits per heavy atom. The number of nitrogens with zero attached hydrogens (tertiary/aromatic N) is 4. The van der Waals surface area contributed by atoms with Crippen LogP contribution >= 0.6 is 0 Å². The van der Waals surface area contributed by atoms with Gasteiger partial charge in [-0.15, -0.1) is 0 Å². The number of hydrogen-bond acceptors (Lipinski definition) is 4. The quantitative estimate of drug-likeness (QED) is 0.321. The standard InChI is InChI=1S/C27H31N7/c1-16(2)25-22-12-19(18-7-10-34(11-8-18)15-20-13-29-17(3)31-20)4-5-24(22)32-26(25)21-6-9-28-27-23(21)14-30-33-27/h4-6,9,12-14,16,18,32H,7-8,10-11,15H2,1-3H3,(H,29,31)(H,28,30,33). The molecule has 0 saturated carbocycles. The number of hydrogen-bond donors (Lipinski definition) is 3. The number of rotatable bonds is 5. The molecule has 1 aromatic carbocycles. The molecule has 7 nitrogen and oxygen atoms in total. The normalized spacial score (nSPS) is 15.8. The number of aromatic nitrogens is 6. The van der Waals surface area contributed by atoms with Crippen LogP contribution in [0.25, 0.3) is 33.2 Å². The molecular weight excluding hydrogens is 422 g/mol. The Bertz CT molecular complexity index is 1450. The highest BCUT2D eigenvalue weighted by molar-refractivity contribution is 5.98. The molecule has 4 aromatic heterocycles. The van der Waals surface area contributed by atoms with E-state index in [4.69, 9.17) is 0 Å². The maximum absolute atomic E-state index is 4.42. The van der Waals surface area contributed by atoms with Gasteiger partial charge in [0.05, 0.1) is 11.9 Å². The van der Waals surface area contributed by atoms with Gasteiger partial charge in [-0.3, -0.25) is 10.00 Å². The van der Waals surface area contributed by atoms with Crippen molar-refractivity contribution in [2.75, 3.05) is 13.1 Å². The van der Waals surface area contributed by atoms with Gasteiger partial charge in [-0.25, -0.2) is 9.97 Å². The molecule has 1 fully saturated rings. The lowest BCUT2D eigenvalue weighted by Gasteiger charge is -2.32. The molecule has 3 N–H and O–H groups in total. The zero-order valence-electron chi connectivity index (χ0n) is 20.0. The second-order valence-electron chi connectivity index (χ2n) is 9.91. The molecule has 0 spiro atoms. The van der Waals surface area contributed by atoms with E-state index in [-0.39, 0.29) is 0 Å². The van der Waals surface area contributed by atoms with Crippen molar-refractivity contribution in [3.8, 4) is 11.3 Å². The molecule has 5 aromatic rings. The fourth-order valence-corrected chi connectivity index (χ4v) is 5.58. The third-order valence-electron chi connectivity index (χ3n) is 7.27. The molecule has 7 heteroatoms. The first-order valence-corrected chi connectivity index (χ1v) is 12.2. The van der Waals surface area contributed by atoms with Gasteiger partial charge in [-0.05, 0) is 74.0 Å². The monoisotopic (exact) mass is 453 g/mol. The van der Waals surface area contributed by atoms with Crippen molar-refractivity contribution in [3.05, 3.63) is 65.5 Å². The van der Waals surface area contributed by atoms with E-state index in [1.807, 2.05) is 25.5 Å². The minimum Gasteiger partial charge on any atom is -0.354 e. The van der Waals surface area contributed by atoms with E-state index in [9.17, 15) is 0 Å². The van der Waals surface area contributed by atoms with Crippen LogP contribution in [-0.2, 0) is 6.54 Å². The van der Waals surface area contributed by atoms with Gasteiger partial charge in [0.2, 0.25) is 0 Å². The fraction of sp³-hybridized carbons (Fsp3) is 0.370. The van der Waals surface area contributed by atoms with Gasteiger partial charge in [0.15, 0.2) is 5.65 Å². The highest BCUT2D eigenvalue weighted by Gasteiger charge is 2.23. The molecule has 0 radical (unpaired) electrons. The van der Waals surface area contributed by atoms with Crippen LogP contribution in [0.15, 0.2) is 42.9 Å². The van der Waals surface area contributed by atoms with Gasteiger partial charge in [0, 0.05) is 46.5 Å². The van der Waals surface area contributed by atoms with Gasteiger partial charge in [-0.2, -0.15) is 5.10 Å². The summed E-state index contributed by atoms with van der Waals surface area (Å²) >= 11 is 0. The van der Waals surface area contributed by atoms with Gasteiger partial charge in [0.25, 0.3) is 0 Å². The van der Waals surface area contributed by atoms with Gasteiger partial charge in [-0.1, -0.05) is 19.9 Å². The van der Waals surface area contributed by atoms with E-state index < -0.39 is 0 Å². The summed E-state index contributed by atoms with van der Waals surface area (Å²) in [5.74, 6) is 1.99. The minimum atomic E-state index is 0.397. The molecule has 1 aliphatic heterocycles. The zero-order valence-corrected chi connectivity index (χ0v) is 20.0. The predicted molar refractivity (Wildman–Crippen MR) is 136 cm³/mol. The van der Waals surface area contributed by atoms with Crippen LogP contribution < -0.4 is 0 Å². The molecule has 174 valence electrons. The molecule has 6 rings (SSSR count). The maximum atomic E-state index is 4.42. The Hall–Kier alpha value is -3.45. The second kappa shape index (κ2) is 8.40. The number of H-pyrrole nitrogens is 3. The maximum Gasteiger partial charge on any atom is 0.155 e. The molecular formula is C27H31N7. The number of piperidine rings is 1. The summed E-state index contributed by atoms with van der Waals surface area (Å²) in [6, 6.07) is 9.13. The highest BCUT2D eigenvalue weighted by atomic mass is 15.1. The Kier molecular flexibility index (Phi) is 5.21. The number of benzene rings is 1. The van der Waals surface area contributed by atoms with Gasteiger partial charge >= 0.3 is 0 Å². The summed E-state index contributed by atoms with van der Waals surface area (Å²) in [6.45, 7) is 9.76. The average molecular weight is 454 g/mol.